The summed E-state index contributed by atoms with van der Waals surface area (Å²) in [6.07, 6.45) is 13.4. The SMILES string of the molecule is CC1=[C-]C(C)(C)C(C)=C1C.[C-]1=CC=CC1.[CH3-].[CH3-].[CH3-].[Cl-].[Cl-].[Cl][Zr][Cl].[Zr+3].c1ccc2c(c1)-c1ccccc1C2C1c2ccccc2-c2ccccc21. The molecule has 6 heteroatoms. The van der Waals surface area contributed by atoms with Gasteiger partial charge in [-0.25, -0.2) is 17.7 Å². The first-order valence-electron chi connectivity index (χ1n) is 15.1. The Morgan fingerprint density at radius 1 is 0.620 bits per heavy atom. The Morgan fingerprint density at radius 2 is 0.940 bits per heavy atom. The first-order valence-corrected chi connectivity index (χ1v) is 21.5. The van der Waals surface area contributed by atoms with E-state index in [4.69, 9.17) is 17.0 Å². The summed E-state index contributed by atoms with van der Waals surface area (Å²) in [5, 5.41) is 0. The Balaban J connectivity index is 0. The van der Waals surface area contributed by atoms with E-state index in [2.05, 4.69) is 150 Å². The summed E-state index contributed by atoms with van der Waals surface area (Å²) >= 11 is -0.826. The molecule has 0 aliphatic heterocycles. The number of fused-ring (bicyclic) bond motifs is 6. The van der Waals surface area contributed by atoms with Gasteiger partial charge in [-0.3, -0.25) is 12.2 Å². The summed E-state index contributed by atoms with van der Waals surface area (Å²) in [5.41, 5.74) is 15.8. The van der Waals surface area contributed by atoms with Crippen LogP contribution < -0.4 is 24.8 Å². The minimum absolute atomic E-state index is 0. The van der Waals surface area contributed by atoms with E-state index in [9.17, 15) is 0 Å². The second-order valence-corrected chi connectivity index (χ2v) is 15.7. The van der Waals surface area contributed by atoms with Crippen molar-refractivity contribution in [2.24, 2.45) is 5.41 Å². The van der Waals surface area contributed by atoms with Gasteiger partial charge in [0.05, 0.1) is 0 Å². The molecule has 4 aliphatic carbocycles. The minimum Gasteiger partial charge on any atom is -0.0619 e. The second-order valence-electron chi connectivity index (χ2n) is 12.0. The molecule has 1 radical (unpaired) electrons. The third-order valence-electron chi connectivity index (χ3n) is 9.25. The van der Waals surface area contributed by atoms with Gasteiger partial charge in [0.1, 0.15) is 0 Å². The summed E-state index contributed by atoms with van der Waals surface area (Å²) in [4.78, 5) is 0. The van der Waals surface area contributed by atoms with E-state index in [1.807, 2.05) is 12.2 Å². The molecule has 263 valence electrons. The number of halogens is 4. The Kier molecular flexibility index (Phi) is 23.8. The second kappa shape index (κ2) is 23.4. The number of benzene rings is 4. The number of allylic oxidation sites excluding steroid dienone is 8. The predicted molar refractivity (Wildman–Crippen MR) is 205 cm³/mol. The van der Waals surface area contributed by atoms with Crippen LogP contribution in [0.15, 0.2) is 132 Å². The van der Waals surface area contributed by atoms with Crippen LogP contribution in [-0.2, 0) is 47.1 Å². The van der Waals surface area contributed by atoms with Crippen molar-refractivity contribution in [3.8, 4) is 22.3 Å². The fourth-order valence-electron chi connectivity index (χ4n) is 6.85. The van der Waals surface area contributed by atoms with Crippen LogP contribution in [0.5, 0.6) is 0 Å². The Labute approximate surface area is 354 Å². The molecule has 0 saturated heterocycles. The van der Waals surface area contributed by atoms with Crippen molar-refractivity contribution < 1.29 is 71.9 Å². The van der Waals surface area contributed by atoms with Gasteiger partial charge in [-0.2, -0.15) is 17.2 Å². The predicted octanol–water partition coefficient (Wildman–Crippen LogP) is 7.76. The third kappa shape index (κ3) is 10.9. The van der Waals surface area contributed by atoms with Gasteiger partial charge in [0, 0.05) is 11.8 Å². The fourth-order valence-corrected chi connectivity index (χ4v) is 6.85. The number of rotatable bonds is 1. The van der Waals surface area contributed by atoms with Crippen LogP contribution >= 0.6 is 17.0 Å². The summed E-state index contributed by atoms with van der Waals surface area (Å²) in [6, 6.07) is 35.8. The molecule has 0 N–H and O–H groups in total. The van der Waals surface area contributed by atoms with Crippen molar-refractivity contribution in [3.63, 3.8) is 0 Å². The zero-order valence-electron chi connectivity index (χ0n) is 30.3. The van der Waals surface area contributed by atoms with E-state index >= 15 is 0 Å². The third-order valence-corrected chi connectivity index (χ3v) is 9.25. The Morgan fingerprint density at radius 3 is 1.12 bits per heavy atom. The van der Waals surface area contributed by atoms with E-state index in [1.165, 1.54) is 61.2 Å². The molecule has 0 aromatic heterocycles. The van der Waals surface area contributed by atoms with Gasteiger partial charge in [-0.15, -0.1) is 13.3 Å². The topological polar surface area (TPSA) is 0 Å². The molecule has 0 spiro atoms. The monoisotopic (exact) mass is 895 g/mol. The molecule has 0 amide bonds. The summed E-state index contributed by atoms with van der Waals surface area (Å²) < 4.78 is 0. The van der Waals surface area contributed by atoms with E-state index in [1.54, 1.807) is 0 Å². The van der Waals surface area contributed by atoms with Gasteiger partial charge >= 0.3 is 64.1 Å². The molecular weight excluding hydrogens is 853 g/mol. The average Bonchev–Trinajstić information content (AvgIpc) is 3.82. The Hall–Kier alpha value is -1.23. The van der Waals surface area contributed by atoms with Crippen molar-refractivity contribution in [1.29, 1.82) is 0 Å². The van der Waals surface area contributed by atoms with Gasteiger partial charge in [-0.1, -0.05) is 130 Å². The maximum Gasteiger partial charge on any atom is 3.00 e. The van der Waals surface area contributed by atoms with Crippen LogP contribution in [-0.4, -0.2) is 0 Å². The molecule has 0 fully saturated rings. The molecule has 8 rings (SSSR count). The molecule has 0 atom stereocenters. The number of hydrogen-bond acceptors (Lipinski definition) is 0. The smallest absolute Gasteiger partial charge is 0.0619 e. The first kappa shape index (κ1) is 50.9. The van der Waals surface area contributed by atoms with Crippen molar-refractivity contribution in [2.75, 3.05) is 0 Å². The maximum absolute atomic E-state index is 4.93. The summed E-state index contributed by atoms with van der Waals surface area (Å²) in [7, 11) is 9.87. The summed E-state index contributed by atoms with van der Waals surface area (Å²) in [6.45, 7) is 10.9. The molecule has 4 aliphatic rings. The van der Waals surface area contributed by atoms with Crippen molar-refractivity contribution >= 4 is 17.0 Å². The van der Waals surface area contributed by atoms with E-state index < -0.39 is 20.8 Å². The standard InChI is InChI=1S/C26H18.C10H15.C5H5.3CH3.4ClH.2Zr/c1-5-13-21-17(9-1)18-10-2-6-14-22(18)25(21)26-23-15-7-3-11-19(23)20-12-4-8-16-24(20)26;1-7-6-10(4,5)9(3)8(7)2;1-2-4-5-3-1;;;;;;;;;/h1-16,25-26H;1-5H3;1-3H,4H2;3*1H3;4*1H;;/q;5*-1;;;;;+2;+3/p-4. The van der Waals surface area contributed by atoms with Crippen LogP contribution in [0.3, 0.4) is 0 Å². The van der Waals surface area contributed by atoms with Crippen molar-refractivity contribution in [3.05, 3.63) is 189 Å². The Bertz CT molecular complexity index is 1570. The van der Waals surface area contributed by atoms with Crippen LogP contribution in [0.2, 0.25) is 0 Å². The zero-order valence-corrected chi connectivity index (χ0v) is 38.3. The van der Waals surface area contributed by atoms with Gasteiger partial charge in [0.15, 0.2) is 0 Å². The van der Waals surface area contributed by atoms with Gasteiger partial charge in [-0.05, 0) is 44.5 Å². The van der Waals surface area contributed by atoms with Gasteiger partial charge in [0.2, 0.25) is 0 Å². The molecule has 50 heavy (non-hydrogen) atoms. The molecule has 0 bridgehead atoms. The quantitative estimate of drug-likeness (QED) is 0.172. The van der Waals surface area contributed by atoms with Crippen LogP contribution in [0.1, 0.15) is 75.1 Å². The number of hydrogen-bond donors (Lipinski definition) is 0. The zero-order chi connectivity index (χ0) is 31.3. The van der Waals surface area contributed by atoms with E-state index in [-0.39, 0.29) is 78.7 Å². The summed E-state index contributed by atoms with van der Waals surface area (Å²) in [5.74, 6) is 0.763. The van der Waals surface area contributed by atoms with E-state index in [0.29, 0.717) is 11.8 Å². The average molecular weight is 900 g/mol. The fraction of sp³-hybridized carbons (Fsp3) is 0.205. The van der Waals surface area contributed by atoms with E-state index in [0.717, 1.165) is 6.42 Å². The normalized spacial score (nSPS) is 14.3. The minimum atomic E-state index is -0.826. The van der Waals surface area contributed by atoms with Crippen molar-refractivity contribution in [1.82, 2.24) is 0 Å². The molecule has 0 saturated carbocycles. The molecule has 4 aromatic carbocycles. The molecule has 0 unspecified atom stereocenters. The molecule has 0 heterocycles. The van der Waals surface area contributed by atoms with Crippen molar-refractivity contribution in [2.45, 2.75) is 52.9 Å². The van der Waals surface area contributed by atoms with Crippen LogP contribution in [0, 0.1) is 39.8 Å². The van der Waals surface area contributed by atoms with Crippen LogP contribution in [0.4, 0.5) is 0 Å². The molecule has 0 nitrogen and oxygen atoms in total. The molecule has 4 aromatic rings. The van der Waals surface area contributed by atoms with Gasteiger partial charge in [0.25, 0.3) is 0 Å². The van der Waals surface area contributed by atoms with Crippen LogP contribution in [0.25, 0.3) is 22.3 Å². The first-order chi connectivity index (χ1) is 21.3. The van der Waals surface area contributed by atoms with Gasteiger partial charge < -0.3 is 47.1 Å². The largest absolute Gasteiger partial charge is 3.00 e. The maximum atomic E-state index is 4.93. The molecular formula is C44H47Cl4Zr2-4.